The van der Waals surface area contributed by atoms with E-state index >= 15 is 0 Å². The van der Waals surface area contributed by atoms with E-state index in [1.807, 2.05) is 12.1 Å². The number of nitrogens with zero attached hydrogens (tertiary/aromatic N) is 1. The summed E-state index contributed by atoms with van der Waals surface area (Å²) in [7, 11) is 0. The van der Waals surface area contributed by atoms with Gasteiger partial charge < -0.3 is 0 Å². The van der Waals surface area contributed by atoms with Crippen LogP contribution in [0.2, 0.25) is 0 Å². The van der Waals surface area contributed by atoms with Crippen molar-refractivity contribution < 1.29 is 4.39 Å². The zero-order valence-corrected chi connectivity index (χ0v) is 12.7. The molecule has 1 fully saturated rings. The van der Waals surface area contributed by atoms with Gasteiger partial charge in [0, 0.05) is 19.0 Å². The number of likely N-dealkylation sites (tertiary alicyclic amines) is 1. The van der Waals surface area contributed by atoms with Crippen molar-refractivity contribution in [3.63, 3.8) is 0 Å². The largest absolute Gasteiger partial charge is 0.299 e. The van der Waals surface area contributed by atoms with Crippen LogP contribution in [0.4, 0.5) is 4.39 Å². The van der Waals surface area contributed by atoms with E-state index in [-0.39, 0.29) is 5.82 Å². The number of hydrogen-bond donors (Lipinski definition) is 0. The number of rotatable bonds is 4. The molecule has 0 N–H and O–H groups in total. The molecule has 2 rings (SSSR count). The van der Waals surface area contributed by atoms with E-state index in [0.29, 0.717) is 4.47 Å². The Morgan fingerprint density at radius 1 is 1.44 bits per heavy atom. The zero-order valence-electron chi connectivity index (χ0n) is 10.3. The molecule has 0 aromatic heterocycles. The normalized spacial score (nSPS) is 21.2. The molecular formula is C14H18BrClFN. The molecule has 1 heterocycles. The first kappa shape index (κ1) is 14.3. The van der Waals surface area contributed by atoms with Crippen LogP contribution in [0.3, 0.4) is 0 Å². The van der Waals surface area contributed by atoms with Crippen LogP contribution in [0.1, 0.15) is 24.8 Å². The summed E-state index contributed by atoms with van der Waals surface area (Å²) in [6.07, 6.45) is 3.63. The molecule has 1 aliphatic rings. The third-order valence-electron chi connectivity index (χ3n) is 3.51. The van der Waals surface area contributed by atoms with Crippen molar-refractivity contribution in [3.8, 4) is 0 Å². The van der Waals surface area contributed by atoms with Crippen LogP contribution >= 0.6 is 27.5 Å². The summed E-state index contributed by atoms with van der Waals surface area (Å²) in [5.41, 5.74) is 1.16. The summed E-state index contributed by atoms with van der Waals surface area (Å²) < 4.78 is 13.7. The number of piperidine rings is 1. The highest BCUT2D eigenvalue weighted by Gasteiger charge is 2.19. The number of halogens is 3. The molecule has 1 aromatic rings. The van der Waals surface area contributed by atoms with Gasteiger partial charge in [0.05, 0.1) is 4.47 Å². The van der Waals surface area contributed by atoms with Gasteiger partial charge in [-0.2, -0.15) is 0 Å². The molecule has 0 bridgehead atoms. The van der Waals surface area contributed by atoms with Gasteiger partial charge >= 0.3 is 0 Å². The molecule has 0 amide bonds. The molecular weight excluding hydrogens is 317 g/mol. The summed E-state index contributed by atoms with van der Waals surface area (Å²) in [6, 6.07) is 5.27. The molecule has 1 saturated heterocycles. The maximum absolute atomic E-state index is 13.2. The van der Waals surface area contributed by atoms with Gasteiger partial charge in [0.25, 0.3) is 0 Å². The average molecular weight is 335 g/mol. The molecule has 1 unspecified atom stereocenters. The molecule has 1 atom stereocenters. The lowest BCUT2D eigenvalue weighted by Crippen LogP contribution is -2.35. The predicted molar refractivity (Wildman–Crippen MR) is 77.4 cm³/mol. The maximum atomic E-state index is 13.2. The molecule has 0 saturated carbocycles. The zero-order chi connectivity index (χ0) is 13.0. The van der Waals surface area contributed by atoms with Crippen LogP contribution in [0.5, 0.6) is 0 Å². The third kappa shape index (κ3) is 3.94. The van der Waals surface area contributed by atoms with Crippen molar-refractivity contribution in [1.82, 2.24) is 4.90 Å². The van der Waals surface area contributed by atoms with Crippen molar-refractivity contribution >= 4 is 27.5 Å². The molecule has 0 aliphatic carbocycles. The summed E-state index contributed by atoms with van der Waals surface area (Å²) in [5.74, 6) is 1.28. The van der Waals surface area contributed by atoms with Gasteiger partial charge in [-0.25, -0.2) is 4.39 Å². The topological polar surface area (TPSA) is 3.24 Å². The number of hydrogen-bond acceptors (Lipinski definition) is 1. The second-order valence-electron chi connectivity index (χ2n) is 4.97. The van der Waals surface area contributed by atoms with Crippen LogP contribution in [0.15, 0.2) is 22.7 Å². The Balaban J connectivity index is 1.93. The summed E-state index contributed by atoms with van der Waals surface area (Å²) in [4.78, 5) is 2.44. The fraction of sp³-hybridized carbons (Fsp3) is 0.571. The minimum atomic E-state index is -0.197. The van der Waals surface area contributed by atoms with Crippen LogP contribution in [-0.2, 0) is 6.54 Å². The molecule has 100 valence electrons. The van der Waals surface area contributed by atoms with E-state index in [9.17, 15) is 4.39 Å². The van der Waals surface area contributed by atoms with E-state index in [2.05, 4.69) is 20.8 Å². The summed E-state index contributed by atoms with van der Waals surface area (Å²) in [5, 5.41) is 0. The van der Waals surface area contributed by atoms with Crippen molar-refractivity contribution in [1.29, 1.82) is 0 Å². The van der Waals surface area contributed by atoms with Gasteiger partial charge in [-0.3, -0.25) is 4.90 Å². The van der Waals surface area contributed by atoms with Crippen molar-refractivity contribution in [3.05, 3.63) is 34.1 Å². The molecule has 1 nitrogen and oxygen atoms in total. The highest BCUT2D eigenvalue weighted by Crippen LogP contribution is 2.23. The standard InChI is InChI=1S/C14H18BrClFN/c15-13-8-12(3-4-14(13)17)10-18-7-1-2-11(9-18)5-6-16/h3-4,8,11H,1-2,5-7,9-10H2. The van der Waals surface area contributed by atoms with Gasteiger partial charge in [0.1, 0.15) is 5.82 Å². The van der Waals surface area contributed by atoms with Crippen molar-refractivity contribution in [2.45, 2.75) is 25.8 Å². The van der Waals surface area contributed by atoms with E-state index in [1.54, 1.807) is 0 Å². The Labute approximate surface area is 121 Å². The third-order valence-corrected chi connectivity index (χ3v) is 4.34. The van der Waals surface area contributed by atoms with E-state index in [4.69, 9.17) is 11.6 Å². The SMILES string of the molecule is Fc1ccc(CN2CCCC(CCCl)C2)cc1Br. The molecule has 1 aromatic carbocycles. The van der Waals surface area contributed by atoms with E-state index < -0.39 is 0 Å². The van der Waals surface area contributed by atoms with Gasteiger partial charge in [0.2, 0.25) is 0 Å². The van der Waals surface area contributed by atoms with Gasteiger partial charge in [-0.15, -0.1) is 11.6 Å². The lowest BCUT2D eigenvalue weighted by molar-refractivity contribution is 0.165. The molecule has 18 heavy (non-hydrogen) atoms. The fourth-order valence-electron chi connectivity index (χ4n) is 2.58. The van der Waals surface area contributed by atoms with Crippen LogP contribution < -0.4 is 0 Å². The number of alkyl halides is 1. The number of benzene rings is 1. The fourth-order valence-corrected chi connectivity index (χ4v) is 3.32. The Morgan fingerprint density at radius 3 is 3.00 bits per heavy atom. The van der Waals surface area contributed by atoms with Gasteiger partial charge in [-0.1, -0.05) is 6.07 Å². The second kappa shape index (κ2) is 6.88. The van der Waals surface area contributed by atoms with Gasteiger partial charge in [-0.05, 0) is 65.4 Å². The maximum Gasteiger partial charge on any atom is 0.137 e. The lowest BCUT2D eigenvalue weighted by Gasteiger charge is -2.32. The predicted octanol–water partition coefficient (Wildman–Crippen LogP) is 4.43. The Bertz CT molecular complexity index is 397. The van der Waals surface area contributed by atoms with Crippen LogP contribution in [-0.4, -0.2) is 23.9 Å². The van der Waals surface area contributed by atoms with E-state index in [1.165, 1.54) is 18.9 Å². The lowest BCUT2D eigenvalue weighted by atomic mass is 9.95. The van der Waals surface area contributed by atoms with Crippen molar-refractivity contribution in [2.75, 3.05) is 19.0 Å². The quantitative estimate of drug-likeness (QED) is 0.736. The smallest absolute Gasteiger partial charge is 0.137 e. The minimum absolute atomic E-state index is 0.197. The van der Waals surface area contributed by atoms with E-state index in [0.717, 1.165) is 43.4 Å². The first-order valence-electron chi connectivity index (χ1n) is 6.41. The highest BCUT2D eigenvalue weighted by molar-refractivity contribution is 9.10. The van der Waals surface area contributed by atoms with Crippen LogP contribution in [0.25, 0.3) is 0 Å². The van der Waals surface area contributed by atoms with Crippen molar-refractivity contribution in [2.24, 2.45) is 5.92 Å². The second-order valence-corrected chi connectivity index (χ2v) is 6.20. The molecule has 0 radical (unpaired) electrons. The summed E-state index contributed by atoms with van der Waals surface area (Å²) >= 11 is 9.05. The summed E-state index contributed by atoms with van der Waals surface area (Å²) in [6.45, 7) is 3.15. The molecule has 1 aliphatic heterocycles. The average Bonchev–Trinajstić information content (AvgIpc) is 2.35. The molecule has 0 spiro atoms. The monoisotopic (exact) mass is 333 g/mol. The van der Waals surface area contributed by atoms with Crippen LogP contribution in [0, 0.1) is 11.7 Å². The van der Waals surface area contributed by atoms with Gasteiger partial charge in [0.15, 0.2) is 0 Å². The molecule has 4 heteroatoms. The first-order valence-corrected chi connectivity index (χ1v) is 7.74. The Hall–Kier alpha value is -0.120. The Kier molecular flexibility index (Phi) is 5.46. The minimum Gasteiger partial charge on any atom is -0.299 e. The first-order chi connectivity index (χ1) is 8.69. The Morgan fingerprint density at radius 2 is 2.28 bits per heavy atom. The highest BCUT2D eigenvalue weighted by atomic mass is 79.9.